The predicted octanol–water partition coefficient (Wildman–Crippen LogP) is 5.34. The van der Waals surface area contributed by atoms with Crippen molar-refractivity contribution in [1.29, 1.82) is 0 Å². The van der Waals surface area contributed by atoms with Crippen molar-refractivity contribution in [3.8, 4) is 0 Å². The van der Waals surface area contributed by atoms with E-state index in [-0.39, 0.29) is 0 Å². The third-order valence-electron chi connectivity index (χ3n) is 3.66. The van der Waals surface area contributed by atoms with E-state index >= 15 is 0 Å². The van der Waals surface area contributed by atoms with Gasteiger partial charge in [-0.15, -0.1) is 0 Å². The summed E-state index contributed by atoms with van der Waals surface area (Å²) in [4.78, 5) is 6.83. The molecule has 5 heteroatoms. The van der Waals surface area contributed by atoms with Gasteiger partial charge in [-0.3, -0.25) is 0 Å². The highest BCUT2D eigenvalue weighted by atomic mass is 79.9. The van der Waals surface area contributed by atoms with Gasteiger partial charge in [0, 0.05) is 35.1 Å². The Labute approximate surface area is 142 Å². The maximum absolute atomic E-state index is 4.37. The van der Waals surface area contributed by atoms with E-state index in [0.29, 0.717) is 0 Å². The van der Waals surface area contributed by atoms with Crippen molar-refractivity contribution in [2.75, 3.05) is 23.3 Å². The molecule has 0 spiro atoms. The quantitative estimate of drug-likeness (QED) is 0.739. The fourth-order valence-corrected chi connectivity index (χ4v) is 3.64. The molecule has 1 aliphatic rings. The van der Waals surface area contributed by atoms with E-state index in [1.54, 1.807) is 6.20 Å². The van der Waals surface area contributed by atoms with E-state index in [1.165, 1.54) is 38.0 Å². The van der Waals surface area contributed by atoms with Crippen LogP contribution in [0.1, 0.15) is 19.3 Å². The number of rotatable bonds is 3. The number of halogens is 2. The molecule has 0 atom stereocenters. The Kier molecular flexibility index (Phi) is 4.80. The van der Waals surface area contributed by atoms with Crippen LogP contribution in [0.5, 0.6) is 0 Å². The molecule has 1 aliphatic heterocycles. The lowest BCUT2D eigenvalue weighted by Crippen LogP contribution is -2.29. The van der Waals surface area contributed by atoms with Gasteiger partial charge in [0.2, 0.25) is 0 Å². The second-order valence-electron chi connectivity index (χ2n) is 5.20. The zero-order chi connectivity index (χ0) is 14.7. The van der Waals surface area contributed by atoms with Gasteiger partial charge in [-0.1, -0.05) is 0 Å². The van der Waals surface area contributed by atoms with Crippen LogP contribution >= 0.6 is 31.9 Å². The molecule has 1 aromatic heterocycles. The molecule has 21 heavy (non-hydrogen) atoms. The second-order valence-corrected chi connectivity index (χ2v) is 6.97. The second kappa shape index (κ2) is 6.79. The molecule has 1 aromatic carbocycles. The van der Waals surface area contributed by atoms with Crippen molar-refractivity contribution in [2.24, 2.45) is 0 Å². The molecule has 1 N–H and O–H groups in total. The summed E-state index contributed by atoms with van der Waals surface area (Å²) in [5.74, 6) is 0.823. The largest absolute Gasteiger partial charge is 0.372 e. The molecular formula is C16H17Br2N3. The zero-order valence-electron chi connectivity index (χ0n) is 11.6. The molecule has 110 valence electrons. The Morgan fingerprint density at radius 3 is 2.38 bits per heavy atom. The molecule has 0 radical (unpaired) electrons. The Morgan fingerprint density at radius 2 is 1.71 bits per heavy atom. The molecule has 0 amide bonds. The fourth-order valence-electron chi connectivity index (χ4n) is 2.55. The highest BCUT2D eigenvalue weighted by molar-refractivity contribution is 9.11. The molecule has 0 unspecified atom stereocenters. The molecular weight excluding hydrogens is 394 g/mol. The van der Waals surface area contributed by atoms with E-state index in [0.717, 1.165) is 20.5 Å². The lowest BCUT2D eigenvalue weighted by molar-refractivity contribution is 0.578. The predicted molar refractivity (Wildman–Crippen MR) is 95.4 cm³/mol. The van der Waals surface area contributed by atoms with E-state index < -0.39 is 0 Å². The van der Waals surface area contributed by atoms with Crippen LogP contribution in [0.2, 0.25) is 0 Å². The number of hydrogen-bond donors (Lipinski definition) is 1. The van der Waals surface area contributed by atoms with E-state index in [1.807, 2.05) is 6.07 Å². The summed E-state index contributed by atoms with van der Waals surface area (Å²) < 4.78 is 1.90. The van der Waals surface area contributed by atoms with Gasteiger partial charge in [0.25, 0.3) is 0 Å². The van der Waals surface area contributed by atoms with Crippen LogP contribution in [-0.4, -0.2) is 18.1 Å². The average molecular weight is 411 g/mol. The van der Waals surface area contributed by atoms with Gasteiger partial charge in [0.05, 0.1) is 4.47 Å². The summed E-state index contributed by atoms with van der Waals surface area (Å²) in [5, 5.41) is 3.33. The molecule has 1 saturated heterocycles. The summed E-state index contributed by atoms with van der Waals surface area (Å²) in [6, 6.07) is 10.6. The van der Waals surface area contributed by atoms with Gasteiger partial charge in [0.1, 0.15) is 5.82 Å². The number of aromatic nitrogens is 1. The van der Waals surface area contributed by atoms with Gasteiger partial charge in [-0.05, 0) is 81.5 Å². The number of pyridine rings is 1. The summed E-state index contributed by atoms with van der Waals surface area (Å²) >= 11 is 6.93. The first-order valence-corrected chi connectivity index (χ1v) is 8.74. The smallest absolute Gasteiger partial charge is 0.144 e. The van der Waals surface area contributed by atoms with Crippen molar-refractivity contribution >= 4 is 49.1 Å². The third kappa shape index (κ3) is 3.77. The topological polar surface area (TPSA) is 28.2 Å². The Balaban J connectivity index is 1.71. The summed E-state index contributed by atoms with van der Waals surface area (Å²) in [6.07, 6.45) is 5.75. The average Bonchev–Trinajstić information content (AvgIpc) is 2.52. The van der Waals surface area contributed by atoms with Crippen LogP contribution in [0, 0.1) is 0 Å². The van der Waals surface area contributed by atoms with Gasteiger partial charge in [-0.25, -0.2) is 4.98 Å². The number of anilines is 3. The van der Waals surface area contributed by atoms with Gasteiger partial charge in [-0.2, -0.15) is 0 Å². The molecule has 3 rings (SSSR count). The van der Waals surface area contributed by atoms with Crippen molar-refractivity contribution < 1.29 is 0 Å². The number of nitrogens with one attached hydrogen (secondary N) is 1. The summed E-state index contributed by atoms with van der Waals surface area (Å²) in [6.45, 7) is 2.35. The molecule has 1 fully saturated rings. The summed E-state index contributed by atoms with van der Waals surface area (Å²) in [5.41, 5.74) is 2.36. The molecule has 2 aromatic rings. The Hall–Kier alpha value is -1.07. The highest BCUT2D eigenvalue weighted by Crippen LogP contribution is 2.28. The van der Waals surface area contributed by atoms with Crippen molar-refractivity contribution in [2.45, 2.75) is 19.3 Å². The normalized spacial score (nSPS) is 15.0. The van der Waals surface area contributed by atoms with Crippen LogP contribution in [0.4, 0.5) is 17.2 Å². The van der Waals surface area contributed by atoms with Gasteiger partial charge >= 0.3 is 0 Å². The minimum atomic E-state index is 0.823. The lowest BCUT2D eigenvalue weighted by atomic mass is 10.1. The lowest BCUT2D eigenvalue weighted by Gasteiger charge is -2.28. The first-order chi connectivity index (χ1) is 10.2. The minimum absolute atomic E-state index is 0.823. The minimum Gasteiger partial charge on any atom is -0.372 e. The maximum atomic E-state index is 4.37. The van der Waals surface area contributed by atoms with Crippen LogP contribution in [0.15, 0.2) is 45.5 Å². The molecule has 3 nitrogen and oxygen atoms in total. The van der Waals surface area contributed by atoms with Crippen LogP contribution < -0.4 is 10.2 Å². The zero-order valence-corrected chi connectivity index (χ0v) is 14.8. The number of piperidine rings is 1. The first-order valence-electron chi connectivity index (χ1n) is 7.15. The fraction of sp³-hybridized carbons (Fsp3) is 0.312. The van der Waals surface area contributed by atoms with E-state index in [9.17, 15) is 0 Å². The molecule has 0 bridgehead atoms. The SMILES string of the molecule is Brc1cnc(Nc2ccc(N3CCCCC3)cc2)c(Br)c1. The van der Waals surface area contributed by atoms with Crippen molar-refractivity contribution in [3.05, 3.63) is 45.5 Å². The Morgan fingerprint density at radius 1 is 1.00 bits per heavy atom. The molecule has 2 heterocycles. The van der Waals surface area contributed by atoms with Crippen LogP contribution in [0.25, 0.3) is 0 Å². The van der Waals surface area contributed by atoms with E-state index in [2.05, 4.69) is 71.3 Å². The van der Waals surface area contributed by atoms with Gasteiger partial charge in [0.15, 0.2) is 0 Å². The number of hydrogen-bond acceptors (Lipinski definition) is 3. The highest BCUT2D eigenvalue weighted by Gasteiger charge is 2.10. The number of nitrogens with zero attached hydrogens (tertiary/aromatic N) is 2. The Bertz CT molecular complexity index is 607. The first kappa shape index (κ1) is 14.9. The van der Waals surface area contributed by atoms with Crippen molar-refractivity contribution in [3.63, 3.8) is 0 Å². The maximum Gasteiger partial charge on any atom is 0.144 e. The van der Waals surface area contributed by atoms with E-state index in [4.69, 9.17) is 0 Å². The van der Waals surface area contributed by atoms with Gasteiger partial charge < -0.3 is 10.2 Å². The van der Waals surface area contributed by atoms with Crippen molar-refractivity contribution in [1.82, 2.24) is 4.98 Å². The van der Waals surface area contributed by atoms with Crippen LogP contribution in [0.3, 0.4) is 0 Å². The molecule has 0 saturated carbocycles. The monoisotopic (exact) mass is 409 g/mol. The summed E-state index contributed by atoms with van der Waals surface area (Å²) in [7, 11) is 0. The standard InChI is InChI=1S/C16H17Br2N3/c17-12-10-15(18)16(19-11-12)20-13-4-6-14(7-5-13)21-8-2-1-3-9-21/h4-7,10-11H,1-3,8-9H2,(H,19,20). The number of benzene rings is 1. The van der Waals surface area contributed by atoms with Crippen LogP contribution in [-0.2, 0) is 0 Å². The molecule has 0 aliphatic carbocycles. The third-order valence-corrected chi connectivity index (χ3v) is 4.70.